The van der Waals surface area contributed by atoms with Gasteiger partial charge in [-0.1, -0.05) is 0 Å². The normalized spacial score (nSPS) is 11.2. The number of aromatic nitrogens is 2. The molecule has 1 rings (SSSR count). The summed E-state index contributed by atoms with van der Waals surface area (Å²) in [6.45, 7) is 9.07. The highest BCUT2D eigenvalue weighted by atomic mass is 15.3. The zero-order chi connectivity index (χ0) is 10.7. The standard InChI is InChI=1S/C10H14N4/c1-8-6-12-14(5)10(8)9(11-2)7-13(3)4/h6-7H,1,3-5H3. The zero-order valence-corrected chi connectivity index (χ0v) is 8.94. The number of hydrogen-bond acceptors (Lipinski definition) is 2. The average molecular weight is 190 g/mol. The SMILES string of the molecule is [C-]#[N+]C(=CN(C)C)c1c(C)cnn1C. The second-order valence-corrected chi connectivity index (χ2v) is 3.39. The molecular weight excluding hydrogens is 176 g/mol. The van der Waals surface area contributed by atoms with Gasteiger partial charge in [0.25, 0.3) is 0 Å². The van der Waals surface area contributed by atoms with Crippen LogP contribution in [0, 0.1) is 13.5 Å². The lowest BCUT2D eigenvalue weighted by molar-refractivity contribution is 0.565. The Bertz CT molecular complexity index is 373. The van der Waals surface area contributed by atoms with E-state index in [9.17, 15) is 0 Å². The molecule has 1 aromatic rings. The molecule has 0 aromatic carbocycles. The molecule has 0 aliphatic carbocycles. The van der Waals surface area contributed by atoms with Crippen LogP contribution in [0.4, 0.5) is 0 Å². The van der Waals surface area contributed by atoms with E-state index in [0.29, 0.717) is 5.70 Å². The Balaban J connectivity index is 3.21. The van der Waals surface area contributed by atoms with Gasteiger partial charge in [0.15, 0.2) is 0 Å². The van der Waals surface area contributed by atoms with Gasteiger partial charge in [-0.2, -0.15) is 5.10 Å². The maximum atomic E-state index is 7.11. The van der Waals surface area contributed by atoms with E-state index in [4.69, 9.17) is 6.57 Å². The van der Waals surface area contributed by atoms with Crippen molar-refractivity contribution >= 4 is 5.70 Å². The number of nitrogens with zero attached hydrogens (tertiary/aromatic N) is 4. The first-order chi connectivity index (χ1) is 6.56. The van der Waals surface area contributed by atoms with Gasteiger partial charge in [-0.15, -0.1) is 0 Å². The molecule has 0 spiro atoms. The van der Waals surface area contributed by atoms with Crippen molar-refractivity contribution in [3.63, 3.8) is 0 Å². The second kappa shape index (κ2) is 3.97. The molecule has 1 aromatic heterocycles. The molecule has 0 saturated carbocycles. The first kappa shape index (κ1) is 10.3. The second-order valence-electron chi connectivity index (χ2n) is 3.39. The van der Waals surface area contributed by atoms with E-state index >= 15 is 0 Å². The van der Waals surface area contributed by atoms with Crippen LogP contribution in [-0.4, -0.2) is 28.8 Å². The molecule has 0 unspecified atom stereocenters. The van der Waals surface area contributed by atoms with Crippen LogP contribution in [0.5, 0.6) is 0 Å². The topological polar surface area (TPSA) is 25.4 Å². The third kappa shape index (κ3) is 1.94. The fourth-order valence-electron chi connectivity index (χ4n) is 1.30. The first-order valence-corrected chi connectivity index (χ1v) is 4.31. The zero-order valence-electron chi connectivity index (χ0n) is 8.94. The van der Waals surface area contributed by atoms with E-state index < -0.39 is 0 Å². The minimum Gasteiger partial charge on any atom is -0.393 e. The van der Waals surface area contributed by atoms with Gasteiger partial charge < -0.3 is 4.90 Å². The van der Waals surface area contributed by atoms with Gasteiger partial charge in [-0.3, -0.25) is 4.68 Å². The third-order valence-corrected chi connectivity index (χ3v) is 1.87. The highest BCUT2D eigenvalue weighted by Gasteiger charge is 2.10. The fourth-order valence-corrected chi connectivity index (χ4v) is 1.30. The summed E-state index contributed by atoms with van der Waals surface area (Å²) < 4.78 is 1.72. The molecule has 74 valence electrons. The van der Waals surface area contributed by atoms with Crippen LogP contribution in [0.25, 0.3) is 10.5 Å². The Hall–Kier alpha value is -1.76. The molecule has 0 fully saturated rings. The maximum absolute atomic E-state index is 7.11. The molecule has 0 bridgehead atoms. The van der Waals surface area contributed by atoms with Gasteiger partial charge >= 0.3 is 0 Å². The Labute approximate surface area is 84.3 Å². The summed E-state index contributed by atoms with van der Waals surface area (Å²) in [6.07, 6.45) is 3.57. The van der Waals surface area contributed by atoms with Gasteiger partial charge in [-0.05, 0) is 12.5 Å². The molecule has 0 N–H and O–H groups in total. The smallest absolute Gasteiger partial charge is 0.227 e. The summed E-state index contributed by atoms with van der Waals surface area (Å²) in [7, 11) is 5.64. The summed E-state index contributed by atoms with van der Waals surface area (Å²) in [5.74, 6) is 0. The molecule has 1 heterocycles. The van der Waals surface area contributed by atoms with Crippen molar-refractivity contribution in [1.29, 1.82) is 0 Å². The van der Waals surface area contributed by atoms with Crippen LogP contribution in [0.1, 0.15) is 11.3 Å². The van der Waals surface area contributed by atoms with Gasteiger partial charge in [0.1, 0.15) is 0 Å². The predicted molar refractivity (Wildman–Crippen MR) is 56.2 cm³/mol. The largest absolute Gasteiger partial charge is 0.393 e. The van der Waals surface area contributed by atoms with Crippen molar-refractivity contribution < 1.29 is 0 Å². The van der Waals surface area contributed by atoms with Gasteiger partial charge in [0, 0.05) is 27.3 Å². The quantitative estimate of drug-likeness (QED) is 0.660. The summed E-state index contributed by atoms with van der Waals surface area (Å²) >= 11 is 0. The van der Waals surface area contributed by atoms with E-state index in [-0.39, 0.29) is 0 Å². The van der Waals surface area contributed by atoms with E-state index in [0.717, 1.165) is 11.3 Å². The minimum atomic E-state index is 0.618. The Kier molecular flexibility index (Phi) is 2.92. The van der Waals surface area contributed by atoms with Gasteiger partial charge in [-0.25, -0.2) is 4.85 Å². The van der Waals surface area contributed by atoms with Crippen LogP contribution in [0.2, 0.25) is 0 Å². The highest BCUT2D eigenvalue weighted by molar-refractivity contribution is 5.70. The third-order valence-electron chi connectivity index (χ3n) is 1.87. The average Bonchev–Trinajstić information content (AvgIpc) is 2.43. The summed E-state index contributed by atoms with van der Waals surface area (Å²) in [6, 6.07) is 0. The van der Waals surface area contributed by atoms with Crippen LogP contribution < -0.4 is 0 Å². The van der Waals surface area contributed by atoms with Crippen molar-refractivity contribution in [2.75, 3.05) is 14.1 Å². The van der Waals surface area contributed by atoms with Crippen molar-refractivity contribution in [3.8, 4) is 0 Å². The molecule has 0 amide bonds. The molecule has 4 nitrogen and oxygen atoms in total. The Morgan fingerprint density at radius 1 is 1.64 bits per heavy atom. The molecule has 0 aliphatic heterocycles. The number of aryl methyl sites for hydroxylation is 2. The van der Waals surface area contributed by atoms with Gasteiger partial charge in [0.05, 0.1) is 18.5 Å². The van der Waals surface area contributed by atoms with E-state index in [1.165, 1.54) is 0 Å². The highest BCUT2D eigenvalue weighted by Crippen LogP contribution is 2.19. The van der Waals surface area contributed by atoms with E-state index in [1.54, 1.807) is 17.1 Å². The van der Waals surface area contributed by atoms with Crippen LogP contribution >= 0.6 is 0 Å². The van der Waals surface area contributed by atoms with Crippen LogP contribution in [-0.2, 0) is 7.05 Å². The maximum Gasteiger partial charge on any atom is 0.227 e. The van der Waals surface area contributed by atoms with Crippen molar-refractivity contribution in [2.45, 2.75) is 6.92 Å². The number of hydrogen-bond donors (Lipinski definition) is 0. The minimum absolute atomic E-state index is 0.618. The van der Waals surface area contributed by atoms with Crippen molar-refractivity contribution in [1.82, 2.24) is 14.7 Å². The fraction of sp³-hybridized carbons (Fsp3) is 0.400. The summed E-state index contributed by atoms with van der Waals surface area (Å²) in [5.41, 5.74) is 2.53. The lowest BCUT2D eigenvalue weighted by Gasteiger charge is -2.07. The molecule has 0 saturated heterocycles. The van der Waals surface area contributed by atoms with Crippen LogP contribution in [0.15, 0.2) is 12.4 Å². The molecule has 14 heavy (non-hydrogen) atoms. The first-order valence-electron chi connectivity index (χ1n) is 4.31. The molecular formula is C10H14N4. The van der Waals surface area contributed by atoms with Crippen molar-refractivity contribution in [2.24, 2.45) is 7.05 Å². The van der Waals surface area contributed by atoms with Crippen molar-refractivity contribution in [3.05, 3.63) is 35.1 Å². The molecule has 4 heteroatoms. The molecule has 0 aliphatic rings. The Morgan fingerprint density at radius 3 is 2.64 bits per heavy atom. The lowest BCUT2D eigenvalue weighted by atomic mass is 10.2. The lowest BCUT2D eigenvalue weighted by Crippen LogP contribution is -2.04. The molecule has 0 radical (unpaired) electrons. The number of rotatable bonds is 2. The Morgan fingerprint density at radius 2 is 2.29 bits per heavy atom. The monoisotopic (exact) mass is 190 g/mol. The van der Waals surface area contributed by atoms with Crippen LogP contribution in [0.3, 0.4) is 0 Å². The predicted octanol–water partition coefficient (Wildman–Crippen LogP) is 1.51. The van der Waals surface area contributed by atoms with E-state index in [2.05, 4.69) is 9.94 Å². The summed E-state index contributed by atoms with van der Waals surface area (Å²) in [5, 5.41) is 4.11. The van der Waals surface area contributed by atoms with E-state index in [1.807, 2.05) is 33.0 Å². The van der Waals surface area contributed by atoms with Gasteiger partial charge in [0.2, 0.25) is 5.70 Å². The summed E-state index contributed by atoms with van der Waals surface area (Å²) in [4.78, 5) is 5.36. The molecule has 0 atom stereocenters.